The summed E-state index contributed by atoms with van der Waals surface area (Å²) < 4.78 is 5.36. The molecule has 0 unspecified atom stereocenters. The first-order valence-corrected chi connectivity index (χ1v) is 6.77. The molecule has 0 N–H and O–H groups in total. The number of hydrogen-bond donors (Lipinski definition) is 0. The van der Waals surface area contributed by atoms with Crippen LogP contribution in [0.1, 0.15) is 38.5 Å². The average molecular weight is 247 g/mol. The molecule has 1 fully saturated rings. The third-order valence-electron chi connectivity index (χ3n) is 3.61. The first-order chi connectivity index (χ1) is 8.77. The van der Waals surface area contributed by atoms with Crippen molar-refractivity contribution in [1.82, 2.24) is 4.90 Å². The van der Waals surface area contributed by atoms with Crippen LogP contribution in [0.2, 0.25) is 0 Å². The van der Waals surface area contributed by atoms with Crippen molar-refractivity contribution < 1.29 is 9.53 Å². The minimum Gasteiger partial charge on any atom is -0.410 e. The molecule has 0 bridgehead atoms. The Bertz CT molecular complexity index is 369. The molecule has 3 nitrogen and oxygen atoms in total. The number of para-hydroxylation sites is 1. The van der Waals surface area contributed by atoms with Gasteiger partial charge in [0.2, 0.25) is 0 Å². The van der Waals surface area contributed by atoms with Gasteiger partial charge in [-0.05, 0) is 25.0 Å². The lowest BCUT2D eigenvalue weighted by molar-refractivity contribution is 0.140. The second kappa shape index (κ2) is 6.43. The zero-order chi connectivity index (χ0) is 12.8. The molecule has 1 saturated carbocycles. The van der Waals surface area contributed by atoms with E-state index in [1.807, 2.05) is 25.2 Å². The third-order valence-corrected chi connectivity index (χ3v) is 3.61. The number of hydrogen-bond acceptors (Lipinski definition) is 2. The normalized spacial score (nSPS) is 16.9. The molecule has 0 aliphatic heterocycles. The van der Waals surface area contributed by atoms with E-state index < -0.39 is 0 Å². The number of carbonyl (C=O) groups is 1. The number of nitrogens with zero attached hydrogens (tertiary/aromatic N) is 1. The van der Waals surface area contributed by atoms with E-state index in [0.29, 0.717) is 11.8 Å². The SMILES string of the molecule is CN(C(=O)Oc1ccccc1)C1CCCCCC1. The molecule has 1 aliphatic carbocycles. The van der Waals surface area contributed by atoms with E-state index in [0.717, 1.165) is 12.8 Å². The summed E-state index contributed by atoms with van der Waals surface area (Å²) in [4.78, 5) is 13.8. The number of benzene rings is 1. The number of amides is 1. The predicted octanol–water partition coefficient (Wildman–Crippen LogP) is 3.84. The van der Waals surface area contributed by atoms with Gasteiger partial charge < -0.3 is 9.64 Å². The van der Waals surface area contributed by atoms with Gasteiger partial charge >= 0.3 is 6.09 Å². The van der Waals surface area contributed by atoms with Crippen LogP contribution in [0.4, 0.5) is 4.79 Å². The molecule has 98 valence electrons. The van der Waals surface area contributed by atoms with Gasteiger partial charge in [0.15, 0.2) is 0 Å². The van der Waals surface area contributed by atoms with Crippen molar-refractivity contribution in [3.8, 4) is 5.75 Å². The van der Waals surface area contributed by atoms with Crippen LogP contribution in [0.5, 0.6) is 5.75 Å². The van der Waals surface area contributed by atoms with Crippen molar-refractivity contribution in [2.24, 2.45) is 0 Å². The summed E-state index contributed by atoms with van der Waals surface area (Å²) >= 11 is 0. The zero-order valence-corrected chi connectivity index (χ0v) is 11.0. The maximum atomic E-state index is 12.0. The lowest BCUT2D eigenvalue weighted by Crippen LogP contribution is -2.38. The van der Waals surface area contributed by atoms with Gasteiger partial charge in [0.25, 0.3) is 0 Å². The Balaban J connectivity index is 1.91. The third kappa shape index (κ3) is 3.49. The highest BCUT2D eigenvalue weighted by Gasteiger charge is 2.22. The van der Waals surface area contributed by atoms with E-state index in [1.54, 1.807) is 17.0 Å². The largest absolute Gasteiger partial charge is 0.415 e. The van der Waals surface area contributed by atoms with Gasteiger partial charge in [-0.1, -0.05) is 43.9 Å². The molecule has 18 heavy (non-hydrogen) atoms. The van der Waals surface area contributed by atoms with Gasteiger partial charge in [-0.25, -0.2) is 4.79 Å². The highest BCUT2D eigenvalue weighted by Crippen LogP contribution is 2.22. The fourth-order valence-electron chi connectivity index (χ4n) is 2.46. The molecular formula is C15H21NO2. The van der Waals surface area contributed by atoms with E-state index in [1.165, 1.54) is 25.7 Å². The molecule has 0 spiro atoms. The Hall–Kier alpha value is -1.51. The van der Waals surface area contributed by atoms with Crippen molar-refractivity contribution in [3.63, 3.8) is 0 Å². The van der Waals surface area contributed by atoms with E-state index in [4.69, 9.17) is 4.74 Å². The monoisotopic (exact) mass is 247 g/mol. The molecule has 3 heteroatoms. The molecule has 0 aromatic heterocycles. The Morgan fingerprint density at radius 1 is 1.11 bits per heavy atom. The standard InChI is InChI=1S/C15H21NO2/c1-16(13-9-5-2-3-6-10-13)15(17)18-14-11-7-4-8-12-14/h4,7-8,11-13H,2-3,5-6,9-10H2,1H3. The van der Waals surface area contributed by atoms with Crippen molar-refractivity contribution in [2.45, 2.75) is 44.6 Å². The van der Waals surface area contributed by atoms with Crippen LogP contribution >= 0.6 is 0 Å². The average Bonchev–Trinajstić information content (AvgIpc) is 2.68. The Morgan fingerprint density at radius 3 is 2.33 bits per heavy atom. The minimum atomic E-state index is -0.243. The van der Waals surface area contributed by atoms with Crippen LogP contribution in [0.25, 0.3) is 0 Å². The van der Waals surface area contributed by atoms with Crippen molar-refractivity contribution in [1.29, 1.82) is 0 Å². The Morgan fingerprint density at radius 2 is 1.72 bits per heavy atom. The van der Waals surface area contributed by atoms with Crippen LogP contribution < -0.4 is 4.74 Å². The smallest absolute Gasteiger partial charge is 0.410 e. The van der Waals surface area contributed by atoms with Crippen molar-refractivity contribution in [3.05, 3.63) is 30.3 Å². The van der Waals surface area contributed by atoms with Crippen LogP contribution in [-0.4, -0.2) is 24.1 Å². The van der Waals surface area contributed by atoms with Gasteiger partial charge in [0.05, 0.1) is 0 Å². The number of carbonyl (C=O) groups excluding carboxylic acids is 1. The molecule has 0 radical (unpaired) electrons. The summed E-state index contributed by atoms with van der Waals surface area (Å²) in [5.74, 6) is 0.614. The van der Waals surface area contributed by atoms with Gasteiger partial charge in [-0.15, -0.1) is 0 Å². The number of ether oxygens (including phenoxy) is 1. The summed E-state index contributed by atoms with van der Waals surface area (Å²) in [6, 6.07) is 9.59. The molecule has 1 amide bonds. The molecule has 0 atom stereocenters. The molecule has 0 saturated heterocycles. The molecule has 2 rings (SSSR count). The predicted molar refractivity (Wildman–Crippen MR) is 71.7 cm³/mol. The summed E-state index contributed by atoms with van der Waals surface area (Å²) in [5.41, 5.74) is 0. The van der Waals surface area contributed by atoms with Gasteiger partial charge in [-0.3, -0.25) is 0 Å². The van der Waals surface area contributed by atoms with Crippen LogP contribution in [0.15, 0.2) is 30.3 Å². The second-order valence-corrected chi connectivity index (χ2v) is 4.94. The molecular weight excluding hydrogens is 226 g/mol. The number of rotatable bonds is 2. The second-order valence-electron chi connectivity index (χ2n) is 4.94. The quantitative estimate of drug-likeness (QED) is 0.743. The van der Waals surface area contributed by atoms with Gasteiger partial charge in [0, 0.05) is 13.1 Å². The van der Waals surface area contributed by atoms with Crippen LogP contribution in [0.3, 0.4) is 0 Å². The highest BCUT2D eigenvalue weighted by molar-refractivity contribution is 5.70. The molecule has 1 aromatic carbocycles. The summed E-state index contributed by atoms with van der Waals surface area (Å²) in [5, 5.41) is 0. The van der Waals surface area contributed by atoms with Crippen molar-refractivity contribution in [2.75, 3.05) is 7.05 Å². The van der Waals surface area contributed by atoms with E-state index in [2.05, 4.69) is 0 Å². The lowest BCUT2D eigenvalue weighted by atomic mass is 10.1. The van der Waals surface area contributed by atoms with E-state index in [-0.39, 0.29) is 6.09 Å². The maximum Gasteiger partial charge on any atom is 0.415 e. The summed E-state index contributed by atoms with van der Waals surface area (Å²) in [6.07, 6.45) is 6.96. The Labute approximate surface area is 109 Å². The molecule has 1 aliphatic rings. The first-order valence-electron chi connectivity index (χ1n) is 6.77. The highest BCUT2D eigenvalue weighted by atomic mass is 16.6. The minimum absolute atomic E-state index is 0.243. The molecule has 1 aromatic rings. The van der Waals surface area contributed by atoms with Crippen LogP contribution in [0, 0.1) is 0 Å². The fourth-order valence-corrected chi connectivity index (χ4v) is 2.46. The topological polar surface area (TPSA) is 29.5 Å². The van der Waals surface area contributed by atoms with E-state index >= 15 is 0 Å². The van der Waals surface area contributed by atoms with Crippen LogP contribution in [-0.2, 0) is 0 Å². The summed E-state index contributed by atoms with van der Waals surface area (Å²) in [6.45, 7) is 0. The fraction of sp³-hybridized carbons (Fsp3) is 0.533. The zero-order valence-electron chi connectivity index (χ0n) is 11.0. The molecule has 0 heterocycles. The van der Waals surface area contributed by atoms with Gasteiger partial charge in [0.1, 0.15) is 5.75 Å². The Kier molecular flexibility index (Phi) is 4.62. The van der Waals surface area contributed by atoms with Gasteiger partial charge in [-0.2, -0.15) is 0 Å². The first kappa shape index (κ1) is 12.9. The van der Waals surface area contributed by atoms with E-state index in [9.17, 15) is 4.79 Å². The summed E-state index contributed by atoms with van der Waals surface area (Å²) in [7, 11) is 1.85. The maximum absolute atomic E-state index is 12.0. The lowest BCUT2D eigenvalue weighted by Gasteiger charge is -2.26. The van der Waals surface area contributed by atoms with Crippen molar-refractivity contribution >= 4 is 6.09 Å².